The molecule has 0 spiro atoms. The van der Waals surface area contributed by atoms with Crippen molar-refractivity contribution in [2.45, 2.75) is 5.92 Å². The molecule has 1 saturated heterocycles. The third-order valence-electron chi connectivity index (χ3n) is 3.42. The van der Waals surface area contributed by atoms with Crippen LogP contribution in [0.1, 0.15) is 11.5 Å². The average Bonchev–Trinajstić information content (AvgIpc) is 2.27. The first-order valence-electron chi connectivity index (χ1n) is 6.08. The molecule has 1 heterocycles. The lowest BCUT2D eigenvalue weighted by atomic mass is 9.91. The predicted molar refractivity (Wildman–Crippen MR) is 72.2 cm³/mol. The third kappa shape index (κ3) is 2.04. The molecule has 0 bridgehead atoms. The van der Waals surface area contributed by atoms with Gasteiger partial charge < -0.3 is 10.6 Å². The summed E-state index contributed by atoms with van der Waals surface area (Å²) < 4.78 is 13.3. The minimum Gasteiger partial charge on any atom is -0.399 e. The van der Waals surface area contributed by atoms with Crippen LogP contribution in [0.3, 0.4) is 0 Å². The van der Waals surface area contributed by atoms with E-state index in [0.29, 0.717) is 11.6 Å². The highest BCUT2D eigenvalue weighted by Crippen LogP contribution is 2.32. The number of anilines is 2. The summed E-state index contributed by atoms with van der Waals surface area (Å²) in [6.07, 6.45) is 0. The summed E-state index contributed by atoms with van der Waals surface area (Å²) in [6, 6.07) is 15.1. The third-order valence-corrected chi connectivity index (χ3v) is 3.42. The largest absolute Gasteiger partial charge is 0.399 e. The zero-order valence-corrected chi connectivity index (χ0v) is 10.0. The Balaban J connectivity index is 1.72. The highest BCUT2D eigenvalue weighted by atomic mass is 19.1. The number of nitrogens with zero attached hydrogens (tertiary/aromatic N) is 1. The highest BCUT2D eigenvalue weighted by molar-refractivity contribution is 5.58. The minimum absolute atomic E-state index is 0.270. The Bertz CT molecular complexity index is 527. The van der Waals surface area contributed by atoms with Crippen LogP contribution in [0.25, 0.3) is 0 Å². The summed E-state index contributed by atoms with van der Waals surface area (Å²) in [5, 5.41) is 0. The van der Waals surface area contributed by atoms with Crippen molar-refractivity contribution in [2.75, 3.05) is 23.7 Å². The maximum atomic E-state index is 13.3. The smallest absolute Gasteiger partial charge is 0.127 e. The number of rotatable bonds is 2. The molecule has 0 aliphatic carbocycles. The van der Waals surface area contributed by atoms with Gasteiger partial charge in [0.05, 0.1) is 0 Å². The first-order valence-corrected chi connectivity index (χ1v) is 6.08. The quantitative estimate of drug-likeness (QED) is 0.820. The second-order valence-corrected chi connectivity index (χ2v) is 4.76. The van der Waals surface area contributed by atoms with E-state index in [1.807, 2.05) is 12.1 Å². The van der Waals surface area contributed by atoms with Gasteiger partial charge in [0.25, 0.3) is 0 Å². The first-order chi connectivity index (χ1) is 8.72. The minimum atomic E-state index is -0.270. The van der Waals surface area contributed by atoms with Crippen molar-refractivity contribution >= 4 is 11.4 Å². The van der Waals surface area contributed by atoms with Crippen LogP contribution >= 0.6 is 0 Å². The van der Waals surface area contributed by atoms with Crippen molar-refractivity contribution < 1.29 is 4.39 Å². The lowest BCUT2D eigenvalue weighted by molar-refractivity contribution is 0.523. The summed E-state index contributed by atoms with van der Waals surface area (Å²) in [4.78, 5) is 2.15. The Kier molecular flexibility index (Phi) is 2.67. The molecule has 2 aromatic rings. The van der Waals surface area contributed by atoms with E-state index in [1.165, 1.54) is 17.7 Å². The SMILES string of the molecule is Nc1cc(F)cc(N2CC(c3ccccc3)C2)c1. The van der Waals surface area contributed by atoms with Crippen molar-refractivity contribution in [3.8, 4) is 0 Å². The van der Waals surface area contributed by atoms with Crippen molar-refractivity contribution in [1.82, 2.24) is 0 Å². The van der Waals surface area contributed by atoms with Gasteiger partial charge in [0, 0.05) is 30.4 Å². The fraction of sp³-hybridized carbons (Fsp3) is 0.200. The van der Waals surface area contributed by atoms with E-state index in [-0.39, 0.29) is 5.82 Å². The highest BCUT2D eigenvalue weighted by Gasteiger charge is 2.28. The van der Waals surface area contributed by atoms with E-state index < -0.39 is 0 Å². The number of nitrogens with two attached hydrogens (primary N) is 1. The van der Waals surface area contributed by atoms with Crippen LogP contribution in [0.5, 0.6) is 0 Å². The molecule has 92 valence electrons. The molecule has 0 saturated carbocycles. The molecule has 0 aromatic heterocycles. The van der Waals surface area contributed by atoms with Crippen molar-refractivity contribution in [1.29, 1.82) is 0 Å². The van der Waals surface area contributed by atoms with Crippen LogP contribution in [0.15, 0.2) is 48.5 Å². The zero-order chi connectivity index (χ0) is 12.5. The van der Waals surface area contributed by atoms with Gasteiger partial charge in [-0.25, -0.2) is 4.39 Å². The molecule has 1 aliphatic heterocycles. The predicted octanol–water partition coefficient (Wildman–Crippen LogP) is 3.01. The zero-order valence-electron chi connectivity index (χ0n) is 10.0. The topological polar surface area (TPSA) is 29.3 Å². The number of benzene rings is 2. The Morgan fingerprint density at radius 2 is 1.78 bits per heavy atom. The second-order valence-electron chi connectivity index (χ2n) is 4.76. The van der Waals surface area contributed by atoms with Crippen molar-refractivity contribution in [3.05, 3.63) is 59.9 Å². The molecule has 0 unspecified atom stereocenters. The van der Waals surface area contributed by atoms with Gasteiger partial charge >= 0.3 is 0 Å². The van der Waals surface area contributed by atoms with Gasteiger partial charge in [0.15, 0.2) is 0 Å². The Hall–Kier alpha value is -2.03. The van der Waals surface area contributed by atoms with Crippen molar-refractivity contribution in [3.63, 3.8) is 0 Å². The molecule has 0 amide bonds. The molecule has 0 atom stereocenters. The molecule has 2 N–H and O–H groups in total. The van der Waals surface area contributed by atoms with Gasteiger partial charge in [0.1, 0.15) is 5.82 Å². The van der Waals surface area contributed by atoms with Gasteiger partial charge in [0.2, 0.25) is 0 Å². The van der Waals surface area contributed by atoms with E-state index in [1.54, 1.807) is 0 Å². The first kappa shape index (κ1) is 11.1. The van der Waals surface area contributed by atoms with E-state index in [4.69, 9.17) is 5.73 Å². The lowest BCUT2D eigenvalue weighted by Crippen LogP contribution is -2.45. The van der Waals surface area contributed by atoms with E-state index >= 15 is 0 Å². The van der Waals surface area contributed by atoms with Crippen LogP contribution in [-0.4, -0.2) is 13.1 Å². The van der Waals surface area contributed by atoms with Crippen molar-refractivity contribution in [2.24, 2.45) is 0 Å². The molecular weight excluding hydrogens is 227 g/mol. The summed E-state index contributed by atoms with van der Waals surface area (Å²) in [7, 11) is 0. The Morgan fingerprint density at radius 1 is 1.06 bits per heavy atom. The molecule has 1 aliphatic rings. The van der Waals surface area contributed by atoms with Crippen LogP contribution < -0.4 is 10.6 Å². The molecule has 18 heavy (non-hydrogen) atoms. The van der Waals surface area contributed by atoms with Gasteiger partial charge in [-0.2, -0.15) is 0 Å². The Labute approximate surface area is 106 Å². The summed E-state index contributed by atoms with van der Waals surface area (Å²) in [5.41, 5.74) is 8.36. The van der Waals surface area contributed by atoms with Gasteiger partial charge in [-0.3, -0.25) is 0 Å². The van der Waals surface area contributed by atoms with Crippen LogP contribution in [0.4, 0.5) is 15.8 Å². The summed E-state index contributed by atoms with van der Waals surface area (Å²) in [6.45, 7) is 1.85. The number of hydrogen-bond donors (Lipinski definition) is 1. The fourth-order valence-electron chi connectivity index (χ4n) is 2.40. The maximum absolute atomic E-state index is 13.3. The van der Waals surface area contributed by atoms with Crippen LogP contribution in [0, 0.1) is 5.82 Å². The van der Waals surface area contributed by atoms with E-state index in [2.05, 4.69) is 29.2 Å². The fourth-order valence-corrected chi connectivity index (χ4v) is 2.40. The Morgan fingerprint density at radius 3 is 2.44 bits per heavy atom. The van der Waals surface area contributed by atoms with Gasteiger partial charge in [-0.05, 0) is 23.8 Å². The normalized spacial score (nSPS) is 15.5. The number of nitrogen functional groups attached to an aromatic ring is 1. The molecule has 3 heteroatoms. The van der Waals surface area contributed by atoms with Gasteiger partial charge in [-0.15, -0.1) is 0 Å². The summed E-state index contributed by atoms with van der Waals surface area (Å²) >= 11 is 0. The number of halogens is 1. The second kappa shape index (κ2) is 4.33. The van der Waals surface area contributed by atoms with E-state index in [9.17, 15) is 4.39 Å². The standard InChI is InChI=1S/C15H15FN2/c16-13-6-14(17)8-15(7-13)18-9-12(10-18)11-4-2-1-3-5-11/h1-8,12H,9-10,17H2. The van der Waals surface area contributed by atoms with Crippen LogP contribution in [0.2, 0.25) is 0 Å². The molecule has 1 fully saturated rings. The molecular formula is C15H15FN2. The molecule has 2 nitrogen and oxygen atoms in total. The molecule has 2 aromatic carbocycles. The maximum Gasteiger partial charge on any atom is 0.127 e. The van der Waals surface area contributed by atoms with Crippen LogP contribution in [-0.2, 0) is 0 Å². The van der Waals surface area contributed by atoms with E-state index in [0.717, 1.165) is 18.8 Å². The summed E-state index contributed by atoms with van der Waals surface area (Å²) in [5.74, 6) is 0.267. The average molecular weight is 242 g/mol. The monoisotopic (exact) mass is 242 g/mol. The molecule has 0 radical (unpaired) electrons. The van der Waals surface area contributed by atoms with Gasteiger partial charge in [-0.1, -0.05) is 30.3 Å². The number of hydrogen-bond acceptors (Lipinski definition) is 2. The molecule has 3 rings (SSSR count). The lowest BCUT2D eigenvalue weighted by Gasteiger charge is -2.41.